The topological polar surface area (TPSA) is 66.0 Å². The van der Waals surface area contributed by atoms with Crippen LogP contribution in [0.4, 0.5) is 0 Å². The summed E-state index contributed by atoms with van der Waals surface area (Å²) in [6, 6.07) is 0. The summed E-state index contributed by atoms with van der Waals surface area (Å²) in [5.41, 5.74) is -0.500. The number of hydrogen-bond donors (Lipinski definition) is 0. The Morgan fingerprint density at radius 2 is 0.649 bits per heavy atom. The minimum absolute atomic E-state index is 0.300. The van der Waals surface area contributed by atoms with E-state index in [4.69, 9.17) is 0 Å². The van der Waals surface area contributed by atoms with E-state index in [9.17, 15) is 14.4 Å². The van der Waals surface area contributed by atoms with Gasteiger partial charge >= 0.3 is 17.1 Å². The van der Waals surface area contributed by atoms with Gasteiger partial charge in [-0.2, -0.15) is 0 Å². The lowest BCUT2D eigenvalue weighted by Gasteiger charge is -2.25. The second-order valence-corrected chi connectivity index (χ2v) is 21.6. The van der Waals surface area contributed by atoms with Crippen molar-refractivity contribution in [1.82, 2.24) is 13.7 Å². The van der Waals surface area contributed by atoms with Crippen LogP contribution in [0.25, 0.3) is 0 Å². The Morgan fingerprint density at radius 3 is 0.842 bits per heavy atom. The number of nitrogens with zero attached hydrogens (tertiary/aromatic N) is 3. The van der Waals surface area contributed by atoms with Crippen LogP contribution in [-0.4, -0.2) is 42.3 Å². The van der Waals surface area contributed by atoms with Crippen molar-refractivity contribution in [2.75, 3.05) is 0 Å². The first kappa shape index (κ1) is 52.5. The van der Waals surface area contributed by atoms with Crippen LogP contribution in [0.2, 0.25) is 16.6 Å². The van der Waals surface area contributed by atoms with Crippen molar-refractivity contribution in [1.29, 1.82) is 0 Å². The molecule has 0 fully saturated rings. The molecule has 0 spiro atoms. The van der Waals surface area contributed by atoms with E-state index in [1.807, 2.05) is 36.5 Å². The van der Waals surface area contributed by atoms with Gasteiger partial charge in [0, 0.05) is 18.5 Å². The highest BCUT2D eigenvalue weighted by atomic mass is 28.2. The minimum Gasteiger partial charge on any atom is -0.249 e. The van der Waals surface area contributed by atoms with E-state index < -0.39 is 17.1 Å². The molecule has 9 atom stereocenters. The van der Waals surface area contributed by atoms with E-state index in [0.717, 1.165) is 96.3 Å². The predicted octanol–water partition coefficient (Wildman–Crippen LogP) is 11.3. The van der Waals surface area contributed by atoms with Gasteiger partial charge in [0.05, 0.1) is 28.6 Å². The molecule has 0 aliphatic heterocycles. The van der Waals surface area contributed by atoms with Gasteiger partial charge in [0.2, 0.25) is 0 Å². The molecule has 6 radical (unpaired) electrons. The second kappa shape index (κ2) is 30.5. The number of rotatable bonds is 36. The molecule has 0 aromatic carbocycles. The zero-order valence-corrected chi connectivity index (χ0v) is 40.2. The third-order valence-corrected chi connectivity index (χ3v) is 16.6. The van der Waals surface area contributed by atoms with Gasteiger partial charge in [-0.15, -0.1) is 39.5 Å². The second-order valence-electron chi connectivity index (χ2n) is 17.0. The Bertz CT molecular complexity index is 1310. The van der Waals surface area contributed by atoms with Crippen LogP contribution < -0.4 is 17.1 Å². The van der Waals surface area contributed by atoms with Crippen LogP contribution in [0.1, 0.15) is 138 Å². The van der Waals surface area contributed by atoms with Crippen LogP contribution in [0.5, 0.6) is 0 Å². The van der Waals surface area contributed by atoms with E-state index in [0.29, 0.717) is 99.2 Å². The lowest BCUT2D eigenvalue weighted by Crippen LogP contribution is -2.56. The first-order valence-corrected chi connectivity index (χ1v) is 26.0. The highest BCUT2D eigenvalue weighted by Crippen LogP contribution is 2.32. The van der Waals surface area contributed by atoms with Gasteiger partial charge in [-0.25, -0.2) is 28.1 Å². The van der Waals surface area contributed by atoms with E-state index in [1.54, 1.807) is 0 Å². The highest BCUT2D eigenvalue weighted by molar-refractivity contribution is 6.37. The molecule has 0 amide bonds. The van der Waals surface area contributed by atoms with Gasteiger partial charge in [-0.3, -0.25) is 0 Å². The molecule has 318 valence electrons. The van der Waals surface area contributed by atoms with Gasteiger partial charge in [-0.1, -0.05) is 97.3 Å². The largest absolute Gasteiger partial charge is 0.335 e. The molecule has 1 rings (SSSR count). The molecule has 1 aromatic heterocycles. The van der Waals surface area contributed by atoms with Gasteiger partial charge in [0.1, 0.15) is 0 Å². The summed E-state index contributed by atoms with van der Waals surface area (Å²) in [5, 5.41) is 0. The molecular formula is C48H81N3O3Si3. The van der Waals surface area contributed by atoms with E-state index in [-0.39, 0.29) is 0 Å². The van der Waals surface area contributed by atoms with Crippen molar-refractivity contribution in [3.8, 4) is 0 Å². The molecule has 0 saturated carbocycles. The normalized spacial score (nSPS) is 16.3. The predicted molar refractivity (Wildman–Crippen MR) is 253 cm³/mol. The fourth-order valence-electron chi connectivity index (χ4n) is 8.13. The van der Waals surface area contributed by atoms with Crippen LogP contribution in [0.3, 0.4) is 0 Å². The molecule has 9 unspecified atom stereocenters. The summed E-state index contributed by atoms with van der Waals surface area (Å²) in [7, 11) is 1.06. The Kier molecular flexibility index (Phi) is 28.1. The summed E-state index contributed by atoms with van der Waals surface area (Å²) in [5.74, 6) is 3.38. The summed E-state index contributed by atoms with van der Waals surface area (Å²) in [6.07, 6.45) is 28.1. The van der Waals surface area contributed by atoms with Crippen molar-refractivity contribution in [3.05, 3.63) is 107 Å². The number of aromatic nitrogens is 3. The standard InChI is InChI=1S/C48H81N3O3Si3/c1-13-22-40(28-37(10)19-7)31-43(25-16-4)55-34-49-46(52)50(35-56-44(26-17-5)32-41(23-14-2)29-38(11)20-8)48(54)51(47(49)53)36-57-45(27-18-6)33-42(24-15-3)30-39(12)21-9/h13-18,37-45H,1-6,19-36H2,7-12H3. The molecule has 57 heavy (non-hydrogen) atoms. The first-order valence-electron chi connectivity index (χ1n) is 22.2. The van der Waals surface area contributed by atoms with Gasteiger partial charge < -0.3 is 0 Å². The van der Waals surface area contributed by atoms with Crippen LogP contribution in [-0.2, 0) is 18.5 Å². The van der Waals surface area contributed by atoms with E-state index in [2.05, 4.69) is 81.0 Å². The summed E-state index contributed by atoms with van der Waals surface area (Å²) >= 11 is 0. The van der Waals surface area contributed by atoms with Gasteiger partial charge in [0.25, 0.3) is 0 Å². The SMILES string of the molecule is C=CCC(CC(C)CC)CC(CC=C)[Si]Cn1c(=O)n(C[Si]C(CC=C)CC(CC=C)CC(C)CC)c(=O)n(C[Si]C(CC=C)CC(CC=C)CC(C)CC)c1=O. The van der Waals surface area contributed by atoms with Gasteiger partial charge in [0.15, 0.2) is 0 Å². The molecule has 9 heteroatoms. The van der Waals surface area contributed by atoms with Crippen LogP contribution >= 0.6 is 0 Å². The van der Waals surface area contributed by atoms with E-state index in [1.165, 1.54) is 13.7 Å². The van der Waals surface area contributed by atoms with Crippen molar-refractivity contribution in [2.45, 2.75) is 173 Å². The Balaban J connectivity index is 3.66. The van der Waals surface area contributed by atoms with Crippen molar-refractivity contribution in [3.63, 3.8) is 0 Å². The zero-order chi connectivity index (χ0) is 42.8. The average molecular weight is 832 g/mol. The van der Waals surface area contributed by atoms with Crippen LogP contribution in [0, 0.1) is 35.5 Å². The third-order valence-electron chi connectivity index (χ3n) is 12.0. The molecule has 6 nitrogen and oxygen atoms in total. The van der Waals surface area contributed by atoms with Gasteiger partial charge in [-0.05, 0) is 129 Å². The van der Waals surface area contributed by atoms with Crippen molar-refractivity contribution in [2.24, 2.45) is 35.5 Å². The average Bonchev–Trinajstić information content (AvgIpc) is 3.17. The first-order chi connectivity index (χ1) is 27.4. The fraction of sp³-hybridized carbons (Fsp3) is 0.688. The third kappa shape index (κ3) is 19.9. The quantitative estimate of drug-likeness (QED) is 0.0500. The smallest absolute Gasteiger partial charge is 0.249 e. The molecule has 1 heterocycles. The minimum atomic E-state index is -0.467. The Labute approximate surface area is 356 Å². The Hall–Kier alpha value is -2.50. The number of hydrogen-bond acceptors (Lipinski definition) is 3. The van der Waals surface area contributed by atoms with Crippen molar-refractivity contribution < 1.29 is 0 Å². The lowest BCUT2D eigenvalue weighted by atomic mass is 9.87. The number of allylic oxidation sites excluding steroid dienone is 6. The molecule has 0 N–H and O–H groups in total. The molecule has 0 bridgehead atoms. The fourth-order valence-corrected chi connectivity index (χ4v) is 12.8. The molecule has 0 saturated heterocycles. The zero-order valence-electron chi connectivity index (χ0n) is 37.2. The van der Waals surface area contributed by atoms with Crippen molar-refractivity contribution >= 4 is 28.6 Å². The maximum atomic E-state index is 14.3. The highest BCUT2D eigenvalue weighted by Gasteiger charge is 2.24. The van der Waals surface area contributed by atoms with Crippen LogP contribution in [0.15, 0.2) is 90.3 Å². The van der Waals surface area contributed by atoms with E-state index >= 15 is 0 Å². The molecule has 0 aliphatic rings. The molecular weight excluding hydrogens is 751 g/mol. The Morgan fingerprint density at radius 1 is 0.421 bits per heavy atom. The summed E-state index contributed by atoms with van der Waals surface area (Å²) in [6.45, 7) is 37.9. The summed E-state index contributed by atoms with van der Waals surface area (Å²) in [4.78, 5) is 43.0. The monoisotopic (exact) mass is 832 g/mol. The molecule has 0 aliphatic carbocycles. The maximum absolute atomic E-state index is 14.3. The summed E-state index contributed by atoms with van der Waals surface area (Å²) < 4.78 is 4.17. The lowest BCUT2D eigenvalue weighted by molar-refractivity contribution is 0.358. The molecule has 1 aromatic rings. The maximum Gasteiger partial charge on any atom is 0.335 e.